The fourth-order valence-corrected chi connectivity index (χ4v) is 2.09. The normalized spacial score (nSPS) is 23.9. The molecular formula is C14H24N2O2. The smallest absolute Gasteiger partial charge is 0.310 e. The summed E-state index contributed by atoms with van der Waals surface area (Å²) >= 11 is 0. The van der Waals surface area contributed by atoms with Crippen molar-refractivity contribution >= 4 is 5.97 Å². The van der Waals surface area contributed by atoms with Crippen molar-refractivity contribution in [3.05, 3.63) is 23.8 Å². The van der Waals surface area contributed by atoms with Crippen molar-refractivity contribution in [1.82, 2.24) is 10.2 Å². The summed E-state index contributed by atoms with van der Waals surface area (Å²) in [6.07, 6.45) is 6.46. The van der Waals surface area contributed by atoms with Crippen LogP contribution in [-0.4, -0.2) is 48.7 Å². The molecule has 0 aromatic carbocycles. The van der Waals surface area contributed by atoms with Crippen molar-refractivity contribution in [2.45, 2.75) is 20.3 Å². The van der Waals surface area contributed by atoms with Crippen LogP contribution in [0.2, 0.25) is 0 Å². The Morgan fingerprint density at radius 1 is 1.44 bits per heavy atom. The highest BCUT2D eigenvalue weighted by Gasteiger charge is 2.17. The number of hydrogen-bond acceptors (Lipinski definition) is 3. The van der Waals surface area contributed by atoms with Crippen LogP contribution >= 0.6 is 0 Å². The number of hydrogen-bond donors (Lipinski definition) is 2. The standard InChI is InChI=1S/C12H18N2O2.C2H6/c15-12(16)11-3-1-10(2-4-11)9-14-7-5-13-6-8-14;1-2/h1-3,11,13H,4-9H2,(H,15,16);1-2H3. The van der Waals surface area contributed by atoms with Gasteiger partial charge in [-0.25, -0.2) is 0 Å². The lowest BCUT2D eigenvalue weighted by Crippen LogP contribution is -2.44. The second kappa shape index (κ2) is 8.06. The van der Waals surface area contributed by atoms with E-state index in [-0.39, 0.29) is 5.92 Å². The quantitative estimate of drug-likeness (QED) is 0.799. The van der Waals surface area contributed by atoms with E-state index in [0.717, 1.165) is 32.7 Å². The summed E-state index contributed by atoms with van der Waals surface area (Å²) in [4.78, 5) is 13.1. The van der Waals surface area contributed by atoms with E-state index < -0.39 is 5.97 Å². The summed E-state index contributed by atoms with van der Waals surface area (Å²) in [6, 6.07) is 0. The fourth-order valence-electron chi connectivity index (χ4n) is 2.09. The molecule has 0 bridgehead atoms. The van der Waals surface area contributed by atoms with Gasteiger partial charge in [0.15, 0.2) is 0 Å². The lowest BCUT2D eigenvalue weighted by molar-refractivity contribution is -0.139. The van der Waals surface area contributed by atoms with Crippen LogP contribution in [0.15, 0.2) is 23.8 Å². The van der Waals surface area contributed by atoms with Gasteiger partial charge in [0, 0.05) is 32.7 Å². The topological polar surface area (TPSA) is 52.6 Å². The second-order valence-corrected chi connectivity index (χ2v) is 4.34. The zero-order valence-corrected chi connectivity index (χ0v) is 11.4. The van der Waals surface area contributed by atoms with E-state index in [4.69, 9.17) is 5.11 Å². The molecule has 1 aliphatic heterocycles. The molecule has 0 spiro atoms. The van der Waals surface area contributed by atoms with E-state index in [1.54, 1.807) is 6.08 Å². The van der Waals surface area contributed by atoms with Gasteiger partial charge >= 0.3 is 5.97 Å². The van der Waals surface area contributed by atoms with Gasteiger partial charge in [0.2, 0.25) is 0 Å². The first-order valence-electron chi connectivity index (χ1n) is 6.79. The van der Waals surface area contributed by atoms with Crippen LogP contribution in [0.1, 0.15) is 20.3 Å². The van der Waals surface area contributed by atoms with Gasteiger partial charge in [0.05, 0.1) is 5.92 Å². The highest BCUT2D eigenvalue weighted by Crippen LogP contribution is 2.17. The number of piperazine rings is 1. The number of aliphatic carboxylic acids is 1. The predicted octanol–water partition coefficient (Wildman–Crippen LogP) is 1.50. The van der Waals surface area contributed by atoms with Crippen molar-refractivity contribution in [2.24, 2.45) is 5.92 Å². The number of carbonyl (C=O) groups is 1. The lowest BCUT2D eigenvalue weighted by Gasteiger charge is -2.28. The lowest BCUT2D eigenvalue weighted by atomic mass is 9.96. The first kappa shape index (κ1) is 14.9. The molecule has 1 saturated heterocycles. The van der Waals surface area contributed by atoms with Crippen molar-refractivity contribution in [3.63, 3.8) is 0 Å². The number of carboxylic acids is 1. The summed E-state index contributed by atoms with van der Waals surface area (Å²) in [6.45, 7) is 9.20. The molecule has 1 fully saturated rings. The first-order valence-corrected chi connectivity index (χ1v) is 6.79. The van der Waals surface area contributed by atoms with Crippen LogP contribution in [0.5, 0.6) is 0 Å². The maximum absolute atomic E-state index is 10.8. The van der Waals surface area contributed by atoms with E-state index in [1.165, 1.54) is 5.57 Å². The molecular weight excluding hydrogens is 228 g/mol. The SMILES string of the molecule is CC.O=C(O)C1C=CC(CN2CCNCC2)=CC1. The number of rotatable bonds is 3. The summed E-state index contributed by atoms with van der Waals surface area (Å²) in [5.41, 5.74) is 1.25. The Labute approximate surface area is 109 Å². The zero-order chi connectivity index (χ0) is 13.4. The van der Waals surface area contributed by atoms with Gasteiger partial charge in [0.1, 0.15) is 0 Å². The van der Waals surface area contributed by atoms with E-state index in [2.05, 4.69) is 16.3 Å². The molecule has 18 heavy (non-hydrogen) atoms. The van der Waals surface area contributed by atoms with Crippen LogP contribution in [0.25, 0.3) is 0 Å². The molecule has 0 aromatic rings. The van der Waals surface area contributed by atoms with Gasteiger partial charge in [-0.05, 0) is 12.0 Å². The Balaban J connectivity index is 0.000000771. The predicted molar refractivity (Wildman–Crippen MR) is 73.6 cm³/mol. The summed E-state index contributed by atoms with van der Waals surface area (Å²) < 4.78 is 0. The average Bonchev–Trinajstić information content (AvgIpc) is 2.43. The first-order chi connectivity index (χ1) is 8.75. The third kappa shape index (κ3) is 4.63. The van der Waals surface area contributed by atoms with Gasteiger partial charge in [0.25, 0.3) is 0 Å². The molecule has 2 rings (SSSR count). The van der Waals surface area contributed by atoms with Gasteiger partial charge < -0.3 is 10.4 Å². The Morgan fingerprint density at radius 3 is 2.61 bits per heavy atom. The third-order valence-corrected chi connectivity index (χ3v) is 3.11. The molecule has 0 amide bonds. The molecule has 2 aliphatic rings. The largest absolute Gasteiger partial charge is 0.481 e. The Kier molecular flexibility index (Phi) is 6.68. The fraction of sp³-hybridized carbons (Fsp3) is 0.643. The summed E-state index contributed by atoms with van der Waals surface area (Å²) in [5.74, 6) is -1.06. The maximum Gasteiger partial charge on any atom is 0.310 e. The van der Waals surface area contributed by atoms with E-state index in [9.17, 15) is 4.79 Å². The van der Waals surface area contributed by atoms with Gasteiger partial charge in [-0.15, -0.1) is 0 Å². The molecule has 0 saturated carbocycles. The van der Waals surface area contributed by atoms with Crippen LogP contribution in [0.3, 0.4) is 0 Å². The Morgan fingerprint density at radius 2 is 2.11 bits per heavy atom. The molecule has 1 atom stereocenters. The van der Waals surface area contributed by atoms with Gasteiger partial charge in [-0.1, -0.05) is 32.1 Å². The monoisotopic (exact) mass is 252 g/mol. The van der Waals surface area contributed by atoms with Crippen molar-refractivity contribution in [1.29, 1.82) is 0 Å². The molecule has 0 aromatic heterocycles. The van der Waals surface area contributed by atoms with Crippen LogP contribution in [0.4, 0.5) is 0 Å². The Hall–Kier alpha value is -1.13. The second-order valence-electron chi connectivity index (χ2n) is 4.34. The van der Waals surface area contributed by atoms with Crippen LogP contribution < -0.4 is 5.32 Å². The molecule has 1 heterocycles. The molecule has 102 valence electrons. The van der Waals surface area contributed by atoms with Crippen LogP contribution in [0, 0.1) is 5.92 Å². The number of nitrogens with one attached hydrogen (secondary N) is 1. The third-order valence-electron chi connectivity index (χ3n) is 3.11. The molecule has 1 aliphatic carbocycles. The van der Waals surface area contributed by atoms with E-state index in [1.807, 2.05) is 19.9 Å². The van der Waals surface area contributed by atoms with Crippen molar-refractivity contribution < 1.29 is 9.90 Å². The minimum Gasteiger partial charge on any atom is -0.481 e. The zero-order valence-electron chi connectivity index (χ0n) is 11.4. The number of carboxylic acid groups (broad SMARTS) is 1. The highest BCUT2D eigenvalue weighted by molar-refractivity contribution is 5.73. The molecule has 1 unspecified atom stereocenters. The molecule has 4 nitrogen and oxygen atoms in total. The maximum atomic E-state index is 10.8. The summed E-state index contributed by atoms with van der Waals surface area (Å²) in [7, 11) is 0. The highest BCUT2D eigenvalue weighted by atomic mass is 16.4. The number of allylic oxidation sites excluding steroid dienone is 1. The Bertz CT molecular complexity index is 318. The minimum absolute atomic E-state index is 0.327. The van der Waals surface area contributed by atoms with E-state index >= 15 is 0 Å². The molecule has 0 radical (unpaired) electrons. The van der Waals surface area contributed by atoms with Crippen LogP contribution in [-0.2, 0) is 4.79 Å². The number of nitrogens with zero attached hydrogens (tertiary/aromatic N) is 1. The van der Waals surface area contributed by atoms with E-state index in [0.29, 0.717) is 6.42 Å². The molecule has 4 heteroatoms. The average molecular weight is 252 g/mol. The van der Waals surface area contributed by atoms with Gasteiger partial charge in [-0.3, -0.25) is 9.69 Å². The van der Waals surface area contributed by atoms with Crippen molar-refractivity contribution in [3.8, 4) is 0 Å². The molecule has 2 N–H and O–H groups in total. The van der Waals surface area contributed by atoms with Crippen molar-refractivity contribution in [2.75, 3.05) is 32.7 Å². The van der Waals surface area contributed by atoms with Gasteiger partial charge in [-0.2, -0.15) is 0 Å². The minimum atomic E-state index is -0.728. The summed E-state index contributed by atoms with van der Waals surface area (Å²) in [5, 5.41) is 12.2.